The van der Waals surface area contributed by atoms with Crippen LogP contribution in [0.5, 0.6) is 0 Å². The van der Waals surface area contributed by atoms with Gasteiger partial charge in [-0.3, -0.25) is 0 Å². The van der Waals surface area contributed by atoms with Gasteiger partial charge in [0.25, 0.3) is 0 Å². The first-order valence-corrected chi connectivity index (χ1v) is 5.69. The average Bonchev–Trinajstić information content (AvgIpc) is 2.35. The molecule has 66 valence electrons. The molecule has 0 unspecified atom stereocenters. The van der Waals surface area contributed by atoms with E-state index in [0.29, 0.717) is 0 Å². The summed E-state index contributed by atoms with van der Waals surface area (Å²) in [5, 5.41) is 0. The molecule has 12 heavy (non-hydrogen) atoms. The number of hydrogen-bond acceptors (Lipinski definition) is 3. The van der Waals surface area contributed by atoms with Crippen LogP contribution in [0.2, 0.25) is 0 Å². The zero-order valence-corrected chi connectivity index (χ0v) is 10.0. The van der Waals surface area contributed by atoms with E-state index in [9.17, 15) is 0 Å². The van der Waals surface area contributed by atoms with Crippen molar-refractivity contribution in [1.29, 1.82) is 0 Å². The number of rotatable bonds is 3. The Morgan fingerprint density at radius 1 is 1.58 bits per heavy atom. The summed E-state index contributed by atoms with van der Waals surface area (Å²) < 4.78 is 6.50. The molecule has 0 radical (unpaired) electrons. The summed E-state index contributed by atoms with van der Waals surface area (Å²) in [6, 6.07) is 4.07. The Morgan fingerprint density at radius 3 is 2.83 bits per heavy atom. The molecule has 0 spiro atoms. The lowest BCUT2D eigenvalue weighted by Crippen LogP contribution is -2.06. The molecule has 0 fully saturated rings. The fraction of sp³-hybridized carbons (Fsp3) is 0.286. The Bertz CT molecular complexity index is 270. The van der Waals surface area contributed by atoms with Crippen molar-refractivity contribution in [3.05, 3.63) is 15.9 Å². The second-order valence-corrected chi connectivity index (χ2v) is 5.89. The van der Waals surface area contributed by atoms with Gasteiger partial charge in [-0.25, -0.2) is 4.40 Å². The summed E-state index contributed by atoms with van der Waals surface area (Å²) in [6.07, 6.45) is 1.79. The highest BCUT2D eigenvalue weighted by Crippen LogP contribution is 2.30. The lowest BCUT2D eigenvalue weighted by atomic mass is 10.7. The van der Waals surface area contributed by atoms with Crippen molar-refractivity contribution >= 4 is 45.6 Å². The van der Waals surface area contributed by atoms with Crippen molar-refractivity contribution in [3.63, 3.8) is 0 Å². The van der Waals surface area contributed by atoms with Gasteiger partial charge in [-0.2, -0.15) is 0 Å². The van der Waals surface area contributed by atoms with E-state index in [2.05, 4.69) is 20.3 Å². The van der Waals surface area contributed by atoms with Crippen molar-refractivity contribution in [2.75, 3.05) is 14.1 Å². The SMILES string of the molecule is CN(C)/C=N/Sc1ccc(Br)s1. The maximum atomic E-state index is 4.16. The van der Waals surface area contributed by atoms with Gasteiger partial charge in [-0.15, -0.1) is 11.3 Å². The molecular formula is C7H9BrN2S2. The van der Waals surface area contributed by atoms with E-state index in [0.717, 1.165) is 3.79 Å². The maximum absolute atomic E-state index is 4.16. The van der Waals surface area contributed by atoms with Gasteiger partial charge in [0.05, 0.1) is 14.3 Å². The number of halogens is 1. The Labute approximate surface area is 88.9 Å². The van der Waals surface area contributed by atoms with Gasteiger partial charge < -0.3 is 4.90 Å². The Balaban J connectivity index is 2.43. The zero-order valence-electron chi connectivity index (χ0n) is 6.82. The first kappa shape index (κ1) is 10.1. The molecule has 0 atom stereocenters. The molecule has 1 heterocycles. The van der Waals surface area contributed by atoms with Crippen molar-refractivity contribution < 1.29 is 0 Å². The monoisotopic (exact) mass is 264 g/mol. The zero-order chi connectivity index (χ0) is 8.97. The smallest absolute Gasteiger partial charge is 0.0989 e. The van der Waals surface area contributed by atoms with Gasteiger partial charge in [0.1, 0.15) is 0 Å². The molecule has 0 saturated heterocycles. The van der Waals surface area contributed by atoms with Crippen molar-refractivity contribution in [1.82, 2.24) is 4.90 Å². The summed E-state index contributed by atoms with van der Waals surface area (Å²) in [5.41, 5.74) is 0. The third-order valence-electron chi connectivity index (χ3n) is 0.969. The highest BCUT2D eigenvalue weighted by atomic mass is 79.9. The van der Waals surface area contributed by atoms with E-state index in [-0.39, 0.29) is 0 Å². The van der Waals surface area contributed by atoms with Crippen LogP contribution in [0.3, 0.4) is 0 Å². The summed E-state index contributed by atoms with van der Waals surface area (Å²) in [7, 11) is 3.91. The minimum Gasteiger partial charge on any atom is -0.368 e. The third-order valence-corrected chi connectivity index (χ3v) is 3.38. The minimum absolute atomic E-state index is 1.14. The second kappa shape index (κ2) is 4.89. The van der Waals surface area contributed by atoms with Crippen LogP contribution in [0, 0.1) is 0 Å². The van der Waals surface area contributed by atoms with Crippen LogP contribution in [0.1, 0.15) is 0 Å². The quantitative estimate of drug-likeness (QED) is 0.474. The molecule has 0 aliphatic rings. The molecule has 0 aromatic carbocycles. The summed E-state index contributed by atoms with van der Waals surface area (Å²) in [5.74, 6) is 0. The van der Waals surface area contributed by atoms with Gasteiger partial charge in [-0.05, 0) is 28.1 Å². The van der Waals surface area contributed by atoms with Gasteiger partial charge in [0.2, 0.25) is 0 Å². The third kappa shape index (κ3) is 3.60. The standard InChI is InChI=1S/C7H9BrN2S2/c1-10(2)5-9-12-7-4-3-6(8)11-7/h3-5H,1-2H3/b9-5+. The molecule has 0 amide bonds. The van der Waals surface area contributed by atoms with E-state index >= 15 is 0 Å². The normalized spacial score (nSPS) is 10.9. The number of thiophene rings is 1. The van der Waals surface area contributed by atoms with Crippen LogP contribution in [-0.4, -0.2) is 25.3 Å². The van der Waals surface area contributed by atoms with Crippen LogP contribution in [-0.2, 0) is 0 Å². The average molecular weight is 265 g/mol. The highest BCUT2D eigenvalue weighted by Gasteiger charge is 1.95. The Hall–Kier alpha value is -0.0000000000000000833. The summed E-state index contributed by atoms with van der Waals surface area (Å²) in [4.78, 5) is 1.91. The Morgan fingerprint density at radius 2 is 2.33 bits per heavy atom. The topological polar surface area (TPSA) is 15.6 Å². The molecular weight excluding hydrogens is 256 g/mol. The first-order chi connectivity index (χ1) is 5.68. The van der Waals surface area contributed by atoms with Crippen molar-refractivity contribution in [2.24, 2.45) is 4.40 Å². The summed E-state index contributed by atoms with van der Waals surface area (Å²) in [6.45, 7) is 0. The Kier molecular flexibility index (Phi) is 4.11. The van der Waals surface area contributed by atoms with Crippen LogP contribution >= 0.6 is 39.2 Å². The molecule has 1 rings (SSSR count). The summed E-state index contributed by atoms with van der Waals surface area (Å²) >= 11 is 6.57. The van der Waals surface area contributed by atoms with Crippen molar-refractivity contribution in [2.45, 2.75) is 4.21 Å². The van der Waals surface area contributed by atoms with Crippen LogP contribution in [0.15, 0.2) is 24.5 Å². The molecule has 0 bridgehead atoms. The molecule has 0 saturated carbocycles. The van der Waals surface area contributed by atoms with E-state index < -0.39 is 0 Å². The van der Waals surface area contributed by atoms with E-state index in [1.807, 2.05) is 31.1 Å². The molecule has 0 aliphatic heterocycles. The number of nitrogens with zero attached hydrogens (tertiary/aromatic N) is 2. The lowest BCUT2D eigenvalue weighted by molar-refractivity contribution is 0.645. The van der Waals surface area contributed by atoms with Gasteiger partial charge in [0, 0.05) is 26.0 Å². The fourth-order valence-corrected chi connectivity index (χ4v) is 2.97. The van der Waals surface area contributed by atoms with Crippen LogP contribution in [0.25, 0.3) is 0 Å². The maximum Gasteiger partial charge on any atom is 0.0989 e. The van der Waals surface area contributed by atoms with Gasteiger partial charge in [-0.1, -0.05) is 0 Å². The number of hydrogen-bond donors (Lipinski definition) is 0. The molecule has 1 aromatic heterocycles. The fourth-order valence-electron chi connectivity index (χ4n) is 0.517. The van der Waals surface area contributed by atoms with E-state index in [4.69, 9.17) is 0 Å². The van der Waals surface area contributed by atoms with E-state index in [1.165, 1.54) is 16.2 Å². The second-order valence-electron chi connectivity index (χ2n) is 2.33. The molecule has 1 aromatic rings. The van der Waals surface area contributed by atoms with Gasteiger partial charge >= 0.3 is 0 Å². The van der Waals surface area contributed by atoms with Crippen molar-refractivity contribution in [3.8, 4) is 0 Å². The lowest BCUT2D eigenvalue weighted by Gasteiger charge is -2.00. The largest absolute Gasteiger partial charge is 0.368 e. The molecule has 5 heteroatoms. The molecule has 0 aliphatic carbocycles. The predicted octanol–water partition coefficient (Wildman–Crippen LogP) is 3.11. The van der Waals surface area contributed by atoms with Gasteiger partial charge in [0.15, 0.2) is 0 Å². The van der Waals surface area contributed by atoms with Crippen LogP contribution in [0.4, 0.5) is 0 Å². The molecule has 2 nitrogen and oxygen atoms in total. The highest BCUT2D eigenvalue weighted by molar-refractivity contribution is 9.11. The first-order valence-electron chi connectivity index (χ1n) is 3.31. The minimum atomic E-state index is 1.14. The molecule has 0 N–H and O–H groups in total. The predicted molar refractivity (Wildman–Crippen MR) is 60.1 cm³/mol. The van der Waals surface area contributed by atoms with E-state index in [1.54, 1.807) is 17.7 Å². The van der Waals surface area contributed by atoms with Crippen LogP contribution < -0.4 is 0 Å².